The smallest absolute Gasteiger partial charge is 0.222 e. The van der Waals surface area contributed by atoms with Crippen molar-refractivity contribution < 1.29 is 9.53 Å². The summed E-state index contributed by atoms with van der Waals surface area (Å²) >= 11 is 1.63. The Kier molecular flexibility index (Phi) is 4.91. The lowest BCUT2D eigenvalue weighted by atomic mass is 9.98. The lowest BCUT2D eigenvalue weighted by molar-refractivity contribution is -0.132. The molecule has 1 amide bonds. The van der Waals surface area contributed by atoms with Gasteiger partial charge in [-0.3, -0.25) is 4.79 Å². The number of likely N-dealkylation sites (tertiary alicyclic amines) is 1. The van der Waals surface area contributed by atoms with E-state index in [1.807, 2.05) is 36.1 Å². The third kappa shape index (κ3) is 3.52. The molecule has 0 spiro atoms. The van der Waals surface area contributed by atoms with Crippen molar-refractivity contribution in [3.05, 3.63) is 29.3 Å². The van der Waals surface area contributed by atoms with Crippen molar-refractivity contribution in [1.82, 2.24) is 15.1 Å². The van der Waals surface area contributed by atoms with E-state index in [9.17, 15) is 4.79 Å². The summed E-state index contributed by atoms with van der Waals surface area (Å²) in [5.41, 5.74) is 1.05. The van der Waals surface area contributed by atoms with Gasteiger partial charge in [-0.15, -0.1) is 10.2 Å². The molecule has 0 bridgehead atoms. The molecule has 0 radical (unpaired) electrons. The van der Waals surface area contributed by atoms with Crippen molar-refractivity contribution in [2.24, 2.45) is 0 Å². The summed E-state index contributed by atoms with van der Waals surface area (Å²) in [6, 6.07) is 7.85. The Morgan fingerprint density at radius 1 is 1.35 bits per heavy atom. The Hall–Kier alpha value is -1.95. The zero-order valence-corrected chi connectivity index (χ0v) is 14.3. The standard InChI is InChI=1S/C17H21N3O2S/c1-3-15(21)20-10-4-5-13(11-20)17-19-18-16(23-17)12-6-8-14(22-2)9-7-12/h6-9,13H,3-5,10-11H2,1-2H3. The number of piperidine rings is 1. The van der Waals surface area contributed by atoms with Gasteiger partial charge in [0.25, 0.3) is 0 Å². The maximum absolute atomic E-state index is 11.9. The molecule has 1 aliphatic rings. The highest BCUT2D eigenvalue weighted by Gasteiger charge is 2.26. The van der Waals surface area contributed by atoms with Gasteiger partial charge in [-0.25, -0.2) is 0 Å². The molecule has 1 aliphatic heterocycles. The molecule has 1 atom stereocenters. The molecule has 0 saturated carbocycles. The van der Waals surface area contributed by atoms with Gasteiger partial charge in [-0.05, 0) is 37.1 Å². The second kappa shape index (κ2) is 7.08. The highest BCUT2D eigenvalue weighted by Crippen LogP contribution is 2.33. The molecular weight excluding hydrogens is 310 g/mol. The first-order valence-electron chi connectivity index (χ1n) is 7.97. The second-order valence-corrected chi connectivity index (χ2v) is 6.72. The summed E-state index contributed by atoms with van der Waals surface area (Å²) in [7, 11) is 1.66. The number of benzene rings is 1. The van der Waals surface area contributed by atoms with E-state index >= 15 is 0 Å². The number of rotatable bonds is 4. The lowest BCUT2D eigenvalue weighted by Crippen LogP contribution is -2.38. The number of amides is 1. The predicted octanol–water partition coefficient (Wildman–Crippen LogP) is 3.33. The quantitative estimate of drug-likeness (QED) is 0.862. The molecule has 0 aliphatic carbocycles. The molecule has 1 aromatic heterocycles. The Balaban J connectivity index is 1.74. The summed E-state index contributed by atoms with van der Waals surface area (Å²) in [4.78, 5) is 13.9. The molecule has 3 rings (SSSR count). The fraction of sp³-hybridized carbons (Fsp3) is 0.471. The fourth-order valence-corrected chi connectivity index (χ4v) is 3.85. The molecule has 1 saturated heterocycles. The van der Waals surface area contributed by atoms with Crippen LogP contribution in [0.4, 0.5) is 0 Å². The largest absolute Gasteiger partial charge is 0.497 e. The number of hydrogen-bond donors (Lipinski definition) is 0. The van der Waals surface area contributed by atoms with Gasteiger partial charge < -0.3 is 9.64 Å². The highest BCUT2D eigenvalue weighted by atomic mass is 32.1. The van der Waals surface area contributed by atoms with Crippen molar-refractivity contribution in [3.8, 4) is 16.3 Å². The molecule has 5 nitrogen and oxygen atoms in total. The topological polar surface area (TPSA) is 55.3 Å². The summed E-state index contributed by atoms with van der Waals surface area (Å²) in [5.74, 6) is 1.37. The van der Waals surface area contributed by atoms with Crippen LogP contribution in [0.15, 0.2) is 24.3 Å². The van der Waals surface area contributed by atoms with Crippen LogP contribution in [0.2, 0.25) is 0 Å². The van der Waals surface area contributed by atoms with Crippen LogP contribution in [0.1, 0.15) is 37.1 Å². The molecule has 1 unspecified atom stereocenters. The summed E-state index contributed by atoms with van der Waals surface area (Å²) in [5, 5.41) is 10.7. The molecule has 1 aromatic carbocycles. The van der Waals surface area contributed by atoms with Gasteiger partial charge in [0.15, 0.2) is 0 Å². The molecule has 23 heavy (non-hydrogen) atoms. The third-order valence-electron chi connectivity index (χ3n) is 4.20. The molecule has 2 heterocycles. The van der Waals surface area contributed by atoms with E-state index in [0.29, 0.717) is 12.3 Å². The average Bonchev–Trinajstić information content (AvgIpc) is 3.11. The van der Waals surface area contributed by atoms with Gasteiger partial charge in [0, 0.05) is 31.0 Å². The Morgan fingerprint density at radius 2 is 2.13 bits per heavy atom. The van der Waals surface area contributed by atoms with Gasteiger partial charge in [0.1, 0.15) is 15.8 Å². The maximum atomic E-state index is 11.9. The number of ether oxygens (including phenoxy) is 1. The number of nitrogens with zero attached hydrogens (tertiary/aromatic N) is 3. The van der Waals surface area contributed by atoms with Crippen molar-refractivity contribution in [2.45, 2.75) is 32.1 Å². The van der Waals surface area contributed by atoms with Crippen molar-refractivity contribution in [3.63, 3.8) is 0 Å². The van der Waals surface area contributed by atoms with E-state index in [-0.39, 0.29) is 5.91 Å². The first-order chi connectivity index (χ1) is 11.2. The maximum Gasteiger partial charge on any atom is 0.222 e. The molecule has 1 fully saturated rings. The van der Waals surface area contributed by atoms with E-state index in [1.54, 1.807) is 18.4 Å². The van der Waals surface area contributed by atoms with E-state index in [0.717, 1.165) is 47.3 Å². The average molecular weight is 331 g/mol. The van der Waals surface area contributed by atoms with Gasteiger partial charge in [0.2, 0.25) is 5.91 Å². The van der Waals surface area contributed by atoms with Crippen molar-refractivity contribution >= 4 is 17.2 Å². The Labute approximate surface area is 140 Å². The molecule has 122 valence electrons. The summed E-state index contributed by atoms with van der Waals surface area (Å²) in [6.07, 6.45) is 2.68. The van der Waals surface area contributed by atoms with Crippen LogP contribution in [0, 0.1) is 0 Å². The van der Waals surface area contributed by atoms with Crippen LogP contribution in [-0.4, -0.2) is 41.2 Å². The van der Waals surface area contributed by atoms with Crippen LogP contribution in [0.5, 0.6) is 5.75 Å². The Bertz CT molecular complexity index is 669. The minimum atomic E-state index is 0.231. The molecule has 0 N–H and O–H groups in total. The van der Waals surface area contributed by atoms with Gasteiger partial charge in [-0.1, -0.05) is 18.3 Å². The van der Waals surface area contributed by atoms with E-state index in [4.69, 9.17) is 4.74 Å². The molecule has 6 heteroatoms. The van der Waals surface area contributed by atoms with E-state index < -0.39 is 0 Å². The summed E-state index contributed by atoms with van der Waals surface area (Å²) in [6.45, 7) is 3.55. The molecular formula is C17H21N3O2S. The highest BCUT2D eigenvalue weighted by molar-refractivity contribution is 7.14. The minimum Gasteiger partial charge on any atom is -0.497 e. The fourth-order valence-electron chi connectivity index (χ4n) is 2.88. The summed E-state index contributed by atoms with van der Waals surface area (Å²) < 4.78 is 5.18. The van der Waals surface area contributed by atoms with Crippen LogP contribution in [0.25, 0.3) is 10.6 Å². The second-order valence-electron chi connectivity index (χ2n) is 5.71. The molecule has 2 aromatic rings. The van der Waals surface area contributed by atoms with Crippen molar-refractivity contribution in [2.75, 3.05) is 20.2 Å². The first-order valence-corrected chi connectivity index (χ1v) is 8.78. The predicted molar refractivity (Wildman–Crippen MR) is 90.7 cm³/mol. The van der Waals surface area contributed by atoms with Crippen LogP contribution in [0.3, 0.4) is 0 Å². The van der Waals surface area contributed by atoms with Crippen molar-refractivity contribution in [1.29, 1.82) is 0 Å². The minimum absolute atomic E-state index is 0.231. The van der Waals surface area contributed by atoms with Gasteiger partial charge in [-0.2, -0.15) is 0 Å². The van der Waals surface area contributed by atoms with E-state index in [2.05, 4.69) is 10.2 Å². The monoisotopic (exact) mass is 331 g/mol. The van der Waals surface area contributed by atoms with Gasteiger partial charge in [0.05, 0.1) is 7.11 Å². The van der Waals surface area contributed by atoms with E-state index in [1.165, 1.54) is 0 Å². The van der Waals surface area contributed by atoms with Crippen LogP contribution in [-0.2, 0) is 4.79 Å². The normalized spacial score (nSPS) is 18.0. The number of hydrogen-bond acceptors (Lipinski definition) is 5. The zero-order valence-electron chi connectivity index (χ0n) is 13.5. The third-order valence-corrected chi connectivity index (χ3v) is 5.34. The lowest BCUT2D eigenvalue weighted by Gasteiger charge is -2.31. The number of methoxy groups -OCH3 is 1. The van der Waals surface area contributed by atoms with Crippen LogP contribution >= 0.6 is 11.3 Å². The Morgan fingerprint density at radius 3 is 2.83 bits per heavy atom. The zero-order chi connectivity index (χ0) is 16.2. The SMILES string of the molecule is CCC(=O)N1CCCC(c2nnc(-c3ccc(OC)cc3)s2)C1. The number of carbonyl (C=O) groups is 1. The van der Waals surface area contributed by atoms with Gasteiger partial charge >= 0.3 is 0 Å². The van der Waals surface area contributed by atoms with Crippen LogP contribution < -0.4 is 4.74 Å². The number of carbonyl (C=O) groups excluding carboxylic acids is 1. The first kappa shape index (κ1) is 15.9. The number of aromatic nitrogens is 2.